The Morgan fingerprint density at radius 1 is 1.53 bits per heavy atom. The molecule has 0 heterocycles. The lowest BCUT2D eigenvalue weighted by molar-refractivity contribution is 0.413. The molecular weight excluding hydrogens is 212 g/mol. The van der Waals surface area contributed by atoms with E-state index in [1.165, 1.54) is 0 Å². The third kappa shape index (κ3) is 2.77. The van der Waals surface area contributed by atoms with E-state index in [2.05, 4.69) is 11.4 Å². The summed E-state index contributed by atoms with van der Waals surface area (Å²) in [5, 5.41) is 12.4. The van der Waals surface area contributed by atoms with Crippen molar-refractivity contribution in [1.29, 1.82) is 5.26 Å². The second-order valence-corrected chi connectivity index (χ2v) is 3.74. The highest BCUT2D eigenvalue weighted by Gasteiger charge is 2.10. The monoisotopic (exact) mass is 224 g/mol. The quantitative estimate of drug-likeness (QED) is 0.859. The predicted molar refractivity (Wildman–Crippen MR) is 61.4 cm³/mol. The van der Waals surface area contributed by atoms with Gasteiger partial charge in [-0.3, -0.25) is 0 Å². The van der Waals surface area contributed by atoms with E-state index in [4.69, 9.17) is 21.6 Å². The highest BCUT2D eigenvalue weighted by Crippen LogP contribution is 2.32. The molecule has 0 aliphatic carbocycles. The summed E-state index contributed by atoms with van der Waals surface area (Å²) in [6, 6.07) is 5.39. The number of hydrogen-bond donors (Lipinski definition) is 1. The number of anilines is 1. The van der Waals surface area contributed by atoms with Crippen molar-refractivity contribution >= 4 is 17.3 Å². The van der Waals surface area contributed by atoms with Gasteiger partial charge in [0.15, 0.2) is 0 Å². The summed E-state index contributed by atoms with van der Waals surface area (Å²) in [6.07, 6.45) is 0. The second-order valence-electron chi connectivity index (χ2n) is 3.30. The Bertz CT molecular complexity index is 398. The number of hydrogen-bond acceptors (Lipinski definition) is 3. The van der Waals surface area contributed by atoms with Crippen molar-refractivity contribution in [3.8, 4) is 11.8 Å². The molecular formula is C11H13ClN2O. The summed E-state index contributed by atoms with van der Waals surface area (Å²) in [4.78, 5) is 0. The molecule has 0 radical (unpaired) electrons. The summed E-state index contributed by atoms with van der Waals surface area (Å²) >= 11 is 5.93. The fourth-order valence-electron chi connectivity index (χ4n) is 1.37. The fourth-order valence-corrected chi connectivity index (χ4v) is 1.65. The van der Waals surface area contributed by atoms with Gasteiger partial charge in [-0.25, -0.2) is 0 Å². The highest BCUT2D eigenvalue weighted by molar-refractivity contribution is 6.31. The van der Waals surface area contributed by atoms with Crippen LogP contribution in [-0.4, -0.2) is 13.2 Å². The number of methoxy groups -OCH3 is 1. The van der Waals surface area contributed by atoms with Gasteiger partial charge >= 0.3 is 0 Å². The average Bonchev–Trinajstić information content (AvgIpc) is 2.17. The molecule has 0 aliphatic rings. The topological polar surface area (TPSA) is 45.0 Å². The van der Waals surface area contributed by atoms with Crippen LogP contribution in [0.2, 0.25) is 5.02 Å². The lowest BCUT2D eigenvalue weighted by Gasteiger charge is -2.15. The number of nitrogens with zero attached hydrogens (tertiary/aromatic N) is 1. The number of halogens is 1. The zero-order chi connectivity index (χ0) is 11.4. The number of ether oxygens (including phenoxy) is 1. The van der Waals surface area contributed by atoms with Gasteiger partial charge < -0.3 is 10.1 Å². The number of aryl methyl sites for hydroxylation is 1. The largest absolute Gasteiger partial charge is 0.494 e. The van der Waals surface area contributed by atoms with Gasteiger partial charge in [-0.15, -0.1) is 0 Å². The van der Waals surface area contributed by atoms with Crippen LogP contribution in [0, 0.1) is 18.3 Å². The van der Waals surface area contributed by atoms with E-state index in [9.17, 15) is 0 Å². The van der Waals surface area contributed by atoms with Crippen LogP contribution in [0.25, 0.3) is 0 Å². The lowest BCUT2D eigenvalue weighted by atomic mass is 10.2. The first-order valence-electron chi connectivity index (χ1n) is 4.58. The summed E-state index contributed by atoms with van der Waals surface area (Å²) in [5.41, 5.74) is 1.69. The molecule has 0 aromatic heterocycles. The molecule has 4 heteroatoms. The van der Waals surface area contributed by atoms with Crippen LogP contribution >= 0.6 is 11.6 Å². The predicted octanol–water partition coefficient (Wildman–Crippen LogP) is 2.98. The van der Waals surface area contributed by atoms with Crippen molar-refractivity contribution in [3.05, 3.63) is 22.7 Å². The smallest absolute Gasteiger partial charge is 0.144 e. The third-order valence-corrected chi connectivity index (χ3v) is 2.23. The summed E-state index contributed by atoms with van der Waals surface area (Å²) in [7, 11) is 1.60. The SMILES string of the molecule is COc1c(C)cc(Cl)cc1NC(C)C#N. The van der Waals surface area contributed by atoms with Crippen LogP contribution in [-0.2, 0) is 0 Å². The second kappa shape index (κ2) is 4.90. The van der Waals surface area contributed by atoms with Crippen molar-refractivity contribution in [1.82, 2.24) is 0 Å². The van der Waals surface area contributed by atoms with Crippen molar-refractivity contribution in [2.75, 3.05) is 12.4 Å². The van der Waals surface area contributed by atoms with Gasteiger partial charge in [-0.05, 0) is 31.5 Å². The van der Waals surface area contributed by atoms with Gasteiger partial charge in [-0.1, -0.05) is 11.6 Å². The Morgan fingerprint density at radius 3 is 2.73 bits per heavy atom. The molecule has 3 nitrogen and oxygen atoms in total. The van der Waals surface area contributed by atoms with Crippen LogP contribution in [0.1, 0.15) is 12.5 Å². The summed E-state index contributed by atoms with van der Waals surface area (Å²) in [6.45, 7) is 3.68. The summed E-state index contributed by atoms with van der Waals surface area (Å²) in [5.74, 6) is 0.724. The van der Waals surface area contributed by atoms with E-state index in [0.29, 0.717) is 5.02 Å². The molecule has 1 rings (SSSR count). The molecule has 0 amide bonds. The molecule has 1 N–H and O–H groups in total. The Morgan fingerprint density at radius 2 is 2.20 bits per heavy atom. The van der Waals surface area contributed by atoms with E-state index >= 15 is 0 Å². The first-order valence-corrected chi connectivity index (χ1v) is 4.96. The maximum absolute atomic E-state index is 8.71. The lowest BCUT2D eigenvalue weighted by Crippen LogP contribution is -2.13. The molecule has 1 unspecified atom stereocenters. The first kappa shape index (κ1) is 11.7. The van der Waals surface area contributed by atoms with Crippen LogP contribution in [0.3, 0.4) is 0 Å². The molecule has 0 fully saturated rings. The molecule has 0 bridgehead atoms. The van der Waals surface area contributed by atoms with Gasteiger partial charge in [0.1, 0.15) is 11.8 Å². The number of rotatable bonds is 3. The molecule has 0 saturated carbocycles. The van der Waals surface area contributed by atoms with Crippen LogP contribution < -0.4 is 10.1 Å². The van der Waals surface area contributed by atoms with Crippen molar-refractivity contribution in [3.63, 3.8) is 0 Å². The minimum absolute atomic E-state index is 0.281. The summed E-state index contributed by atoms with van der Waals surface area (Å²) < 4.78 is 5.25. The molecule has 0 spiro atoms. The zero-order valence-electron chi connectivity index (χ0n) is 8.97. The van der Waals surface area contributed by atoms with Crippen molar-refractivity contribution in [2.24, 2.45) is 0 Å². The van der Waals surface area contributed by atoms with E-state index in [1.54, 1.807) is 20.1 Å². The maximum atomic E-state index is 8.71. The third-order valence-electron chi connectivity index (χ3n) is 2.01. The number of nitriles is 1. The van der Waals surface area contributed by atoms with Crippen molar-refractivity contribution < 1.29 is 4.74 Å². The van der Waals surface area contributed by atoms with Crippen molar-refractivity contribution in [2.45, 2.75) is 19.9 Å². The molecule has 1 aromatic rings. The van der Waals surface area contributed by atoms with Crippen LogP contribution in [0.5, 0.6) is 5.75 Å². The molecule has 0 saturated heterocycles. The van der Waals surface area contributed by atoms with Gasteiger partial charge in [0.05, 0.1) is 18.9 Å². The maximum Gasteiger partial charge on any atom is 0.144 e. The van der Waals surface area contributed by atoms with E-state index in [-0.39, 0.29) is 6.04 Å². The Kier molecular flexibility index (Phi) is 3.81. The standard InChI is InChI=1S/C11H13ClN2O/c1-7-4-9(12)5-10(11(7)15-3)14-8(2)6-13/h4-5,8,14H,1-3H3. The Balaban J connectivity index is 3.10. The van der Waals surface area contributed by atoms with E-state index in [0.717, 1.165) is 17.0 Å². The molecule has 1 atom stereocenters. The zero-order valence-corrected chi connectivity index (χ0v) is 9.72. The normalized spacial score (nSPS) is 11.7. The average molecular weight is 225 g/mol. The highest BCUT2D eigenvalue weighted by atomic mass is 35.5. The van der Waals surface area contributed by atoms with Gasteiger partial charge in [-0.2, -0.15) is 5.26 Å². The number of benzene rings is 1. The minimum Gasteiger partial charge on any atom is -0.494 e. The fraction of sp³-hybridized carbons (Fsp3) is 0.364. The Labute approximate surface area is 94.6 Å². The van der Waals surface area contributed by atoms with Crippen LogP contribution in [0.4, 0.5) is 5.69 Å². The molecule has 1 aromatic carbocycles. The van der Waals surface area contributed by atoms with E-state index in [1.807, 2.05) is 13.0 Å². The molecule has 0 aliphatic heterocycles. The minimum atomic E-state index is -0.281. The van der Waals surface area contributed by atoms with Gasteiger partial charge in [0, 0.05) is 5.02 Å². The number of nitrogens with one attached hydrogen (secondary N) is 1. The first-order chi connectivity index (χ1) is 7.08. The van der Waals surface area contributed by atoms with Gasteiger partial charge in [0.2, 0.25) is 0 Å². The van der Waals surface area contributed by atoms with E-state index < -0.39 is 0 Å². The Hall–Kier alpha value is -1.40. The van der Waals surface area contributed by atoms with Crippen LogP contribution in [0.15, 0.2) is 12.1 Å². The molecule has 80 valence electrons. The molecule has 15 heavy (non-hydrogen) atoms. The van der Waals surface area contributed by atoms with Gasteiger partial charge in [0.25, 0.3) is 0 Å².